The van der Waals surface area contributed by atoms with E-state index < -0.39 is 6.23 Å². The summed E-state index contributed by atoms with van der Waals surface area (Å²) >= 11 is 0. The van der Waals surface area contributed by atoms with Crippen LogP contribution in [-0.2, 0) is 20.9 Å². The lowest BCUT2D eigenvalue weighted by Crippen LogP contribution is -2.38. The number of anilines is 2. The minimum atomic E-state index is -0.759. The van der Waals surface area contributed by atoms with Crippen molar-refractivity contribution in [2.24, 2.45) is 0 Å². The highest BCUT2D eigenvalue weighted by Gasteiger charge is 2.18. The zero-order chi connectivity index (χ0) is 18.1. The third-order valence-electron chi connectivity index (χ3n) is 3.51. The molecule has 0 aliphatic carbocycles. The van der Waals surface area contributed by atoms with E-state index >= 15 is 0 Å². The molecular weight excluding hydrogens is 316 g/mol. The Morgan fingerprint density at radius 2 is 2.00 bits per heavy atom. The molecule has 5 heteroatoms. The number of nitrogens with one attached hydrogen (secondary N) is 1. The summed E-state index contributed by atoms with van der Waals surface area (Å²) < 4.78 is 5.79. The number of nitrogens with zero attached hydrogens (tertiary/aromatic N) is 1. The number of carbonyl (C=O) groups excluding carboxylic acids is 2. The van der Waals surface area contributed by atoms with Crippen LogP contribution in [0.25, 0.3) is 0 Å². The van der Waals surface area contributed by atoms with E-state index in [2.05, 4.69) is 11.9 Å². The number of ether oxygens (including phenoxy) is 1. The number of hydrogen-bond donors (Lipinski definition) is 1. The van der Waals surface area contributed by atoms with Gasteiger partial charge in [0.1, 0.15) is 0 Å². The molecule has 0 spiro atoms. The molecule has 0 bridgehead atoms. The Labute approximate surface area is 147 Å². The van der Waals surface area contributed by atoms with Crippen LogP contribution in [0.3, 0.4) is 0 Å². The van der Waals surface area contributed by atoms with Crippen molar-refractivity contribution in [2.75, 3.05) is 16.8 Å². The van der Waals surface area contributed by atoms with Gasteiger partial charge in [0.15, 0.2) is 12.5 Å². The normalized spacial score (nSPS) is 11.4. The van der Waals surface area contributed by atoms with Crippen molar-refractivity contribution < 1.29 is 14.3 Å². The summed E-state index contributed by atoms with van der Waals surface area (Å²) in [6, 6.07) is 16.9. The van der Waals surface area contributed by atoms with Crippen LogP contribution in [-0.4, -0.2) is 25.0 Å². The molecule has 5 nitrogen and oxygen atoms in total. The Hall–Kier alpha value is -2.92. The van der Waals surface area contributed by atoms with Gasteiger partial charge in [0.2, 0.25) is 5.91 Å². The first-order chi connectivity index (χ1) is 12.1. The standard InChI is InChI=1S/C20H22N2O3/c1-3-12-22(19-11-7-10-18(13-19)21-16(2)24)20(14-23)25-15-17-8-5-4-6-9-17/h3-11,13-14,20H,1,12,15H2,2H3,(H,21,24). The average molecular weight is 338 g/mol. The van der Waals surface area contributed by atoms with Gasteiger partial charge in [0.05, 0.1) is 6.61 Å². The fourth-order valence-electron chi connectivity index (χ4n) is 2.42. The van der Waals surface area contributed by atoms with Gasteiger partial charge in [-0.15, -0.1) is 6.58 Å². The van der Waals surface area contributed by atoms with Crippen LogP contribution in [0.5, 0.6) is 0 Å². The summed E-state index contributed by atoms with van der Waals surface area (Å²) in [6.07, 6.45) is 1.70. The van der Waals surface area contributed by atoms with Crippen molar-refractivity contribution in [1.29, 1.82) is 0 Å². The predicted molar refractivity (Wildman–Crippen MR) is 99.4 cm³/mol. The lowest BCUT2D eigenvalue weighted by atomic mass is 10.2. The molecular formula is C20H22N2O3. The molecule has 0 fully saturated rings. The minimum absolute atomic E-state index is 0.153. The van der Waals surface area contributed by atoms with Gasteiger partial charge in [0.25, 0.3) is 0 Å². The first kappa shape index (κ1) is 18.4. The van der Waals surface area contributed by atoms with Crippen molar-refractivity contribution >= 4 is 23.6 Å². The Morgan fingerprint density at radius 1 is 1.24 bits per heavy atom. The molecule has 2 aromatic rings. The number of amides is 1. The Bertz CT molecular complexity index is 716. The highest BCUT2D eigenvalue weighted by Crippen LogP contribution is 2.22. The van der Waals surface area contributed by atoms with Crippen molar-refractivity contribution in [1.82, 2.24) is 0 Å². The first-order valence-electron chi connectivity index (χ1n) is 8.00. The largest absolute Gasteiger partial charge is 0.346 e. The molecule has 0 radical (unpaired) electrons. The lowest BCUT2D eigenvalue weighted by molar-refractivity contribution is -0.118. The average Bonchev–Trinajstić information content (AvgIpc) is 2.62. The van der Waals surface area contributed by atoms with E-state index in [0.717, 1.165) is 17.5 Å². The first-order valence-corrected chi connectivity index (χ1v) is 8.00. The molecule has 1 unspecified atom stereocenters. The van der Waals surface area contributed by atoms with Gasteiger partial charge >= 0.3 is 0 Å². The fraction of sp³-hybridized carbons (Fsp3) is 0.200. The predicted octanol–water partition coefficient (Wildman–Crippen LogP) is 3.38. The summed E-state index contributed by atoms with van der Waals surface area (Å²) in [5.41, 5.74) is 2.41. The van der Waals surface area contributed by atoms with Gasteiger partial charge in [-0.25, -0.2) is 0 Å². The van der Waals surface area contributed by atoms with E-state index in [0.29, 0.717) is 18.8 Å². The molecule has 130 valence electrons. The Kier molecular flexibility index (Phi) is 6.92. The van der Waals surface area contributed by atoms with Crippen molar-refractivity contribution in [3.05, 3.63) is 72.8 Å². The van der Waals surface area contributed by atoms with E-state index in [-0.39, 0.29) is 5.91 Å². The monoisotopic (exact) mass is 338 g/mol. The van der Waals surface area contributed by atoms with E-state index in [1.165, 1.54) is 6.92 Å². The van der Waals surface area contributed by atoms with Crippen LogP contribution in [0.2, 0.25) is 0 Å². The maximum Gasteiger partial charge on any atom is 0.221 e. The topological polar surface area (TPSA) is 58.6 Å². The van der Waals surface area contributed by atoms with Crippen LogP contribution >= 0.6 is 0 Å². The fourth-order valence-corrected chi connectivity index (χ4v) is 2.42. The molecule has 1 atom stereocenters. The second-order valence-electron chi connectivity index (χ2n) is 5.50. The quantitative estimate of drug-likeness (QED) is 0.433. The maximum atomic E-state index is 11.6. The van der Waals surface area contributed by atoms with Gasteiger partial charge in [-0.1, -0.05) is 42.5 Å². The van der Waals surface area contributed by atoms with Crippen LogP contribution < -0.4 is 10.2 Å². The van der Waals surface area contributed by atoms with Crippen LogP contribution in [0.1, 0.15) is 12.5 Å². The van der Waals surface area contributed by atoms with E-state index in [1.807, 2.05) is 42.5 Å². The minimum Gasteiger partial charge on any atom is -0.346 e. The molecule has 0 aliphatic rings. The molecule has 0 aliphatic heterocycles. The Balaban J connectivity index is 2.17. The van der Waals surface area contributed by atoms with Crippen LogP contribution in [0.4, 0.5) is 11.4 Å². The molecule has 25 heavy (non-hydrogen) atoms. The summed E-state index contributed by atoms with van der Waals surface area (Å²) in [4.78, 5) is 24.6. The van der Waals surface area contributed by atoms with Crippen molar-refractivity contribution in [2.45, 2.75) is 19.8 Å². The van der Waals surface area contributed by atoms with Crippen molar-refractivity contribution in [3.8, 4) is 0 Å². The van der Waals surface area contributed by atoms with Gasteiger partial charge in [-0.2, -0.15) is 0 Å². The molecule has 2 aromatic carbocycles. The zero-order valence-electron chi connectivity index (χ0n) is 14.2. The van der Waals surface area contributed by atoms with Gasteiger partial charge < -0.3 is 15.0 Å². The maximum absolute atomic E-state index is 11.6. The van der Waals surface area contributed by atoms with E-state index in [9.17, 15) is 9.59 Å². The molecule has 1 N–H and O–H groups in total. The lowest BCUT2D eigenvalue weighted by Gasteiger charge is -2.29. The van der Waals surface area contributed by atoms with E-state index in [4.69, 9.17) is 4.74 Å². The molecule has 0 aromatic heterocycles. The van der Waals surface area contributed by atoms with Crippen molar-refractivity contribution in [3.63, 3.8) is 0 Å². The second-order valence-corrected chi connectivity index (χ2v) is 5.50. The van der Waals surface area contributed by atoms with Gasteiger partial charge in [-0.05, 0) is 23.8 Å². The number of carbonyl (C=O) groups is 2. The summed E-state index contributed by atoms with van der Waals surface area (Å²) in [5.74, 6) is -0.153. The molecule has 1 amide bonds. The van der Waals surface area contributed by atoms with Gasteiger partial charge in [0, 0.05) is 24.8 Å². The summed E-state index contributed by atoms with van der Waals surface area (Å²) in [7, 11) is 0. The highest BCUT2D eigenvalue weighted by atomic mass is 16.5. The SMILES string of the molecule is C=CCN(c1cccc(NC(C)=O)c1)C(C=O)OCc1ccccc1. The molecule has 0 saturated heterocycles. The smallest absolute Gasteiger partial charge is 0.221 e. The Morgan fingerprint density at radius 3 is 2.64 bits per heavy atom. The third-order valence-corrected chi connectivity index (χ3v) is 3.51. The molecule has 0 saturated carbocycles. The number of rotatable bonds is 9. The van der Waals surface area contributed by atoms with E-state index in [1.54, 1.807) is 23.1 Å². The zero-order valence-corrected chi connectivity index (χ0v) is 14.2. The second kappa shape index (κ2) is 9.39. The highest BCUT2D eigenvalue weighted by molar-refractivity contribution is 5.89. The third kappa shape index (κ3) is 5.58. The summed E-state index contributed by atoms with van der Waals surface area (Å²) in [5, 5.41) is 2.74. The van der Waals surface area contributed by atoms with Gasteiger partial charge in [-0.3, -0.25) is 9.59 Å². The molecule has 2 rings (SSSR count). The number of benzene rings is 2. The number of hydrogen-bond acceptors (Lipinski definition) is 4. The number of aldehydes is 1. The van der Waals surface area contributed by atoms with Crippen LogP contribution in [0.15, 0.2) is 67.3 Å². The summed E-state index contributed by atoms with van der Waals surface area (Å²) in [6.45, 7) is 5.95. The molecule has 0 heterocycles. The van der Waals surface area contributed by atoms with Crippen LogP contribution in [0, 0.1) is 0 Å².